The first-order valence-electron chi connectivity index (χ1n) is 3.67. The van der Waals surface area contributed by atoms with Crippen molar-refractivity contribution in [1.82, 2.24) is 4.98 Å². The van der Waals surface area contributed by atoms with Crippen LogP contribution in [-0.2, 0) is 6.54 Å². The smallest absolute Gasteiger partial charge is 0.264 e. The van der Waals surface area contributed by atoms with Crippen molar-refractivity contribution in [2.24, 2.45) is 5.73 Å². The fraction of sp³-hybridized carbons (Fsp3) is 0.250. The van der Waals surface area contributed by atoms with Crippen molar-refractivity contribution < 1.29 is 13.2 Å². The molecule has 3 nitrogen and oxygen atoms in total. The van der Waals surface area contributed by atoms with Crippen LogP contribution in [0.25, 0.3) is 0 Å². The summed E-state index contributed by atoms with van der Waals surface area (Å²) >= 11 is 0. The summed E-state index contributed by atoms with van der Waals surface area (Å²) in [5, 5.41) is 8.50. The molecule has 1 heterocycles. The highest BCUT2D eigenvalue weighted by Crippen LogP contribution is 2.24. The second-order valence-corrected chi connectivity index (χ2v) is 2.48. The van der Waals surface area contributed by atoms with E-state index >= 15 is 0 Å². The lowest BCUT2D eigenvalue weighted by molar-refractivity contribution is 0.149. The molecule has 6 heteroatoms. The maximum Gasteiger partial charge on any atom is 0.264 e. The molecule has 0 spiro atoms. The topological polar surface area (TPSA) is 62.7 Å². The predicted octanol–water partition coefficient (Wildman–Crippen LogP) is 1.49. The molecule has 1 rings (SSSR count). The normalized spacial score (nSPS) is 10.3. The second-order valence-electron chi connectivity index (χ2n) is 2.48. The van der Waals surface area contributed by atoms with E-state index in [1.807, 2.05) is 0 Å². The van der Waals surface area contributed by atoms with Gasteiger partial charge in [-0.15, -0.1) is 0 Å². The summed E-state index contributed by atoms with van der Waals surface area (Å²) in [6.07, 6.45) is -2.86. The number of pyridine rings is 1. The lowest BCUT2D eigenvalue weighted by atomic mass is 10.1. The minimum atomic E-state index is -2.86. The van der Waals surface area contributed by atoms with Crippen LogP contribution < -0.4 is 5.73 Å². The van der Waals surface area contributed by atoms with Gasteiger partial charge in [-0.2, -0.15) is 9.65 Å². The minimum Gasteiger partial charge on any atom is -0.326 e. The zero-order valence-electron chi connectivity index (χ0n) is 6.97. The Hall–Kier alpha value is -1.61. The van der Waals surface area contributed by atoms with E-state index in [-0.39, 0.29) is 17.8 Å². The Morgan fingerprint density at radius 1 is 1.57 bits per heavy atom. The van der Waals surface area contributed by atoms with E-state index in [2.05, 4.69) is 4.98 Å². The molecule has 0 aliphatic rings. The van der Waals surface area contributed by atoms with Crippen LogP contribution >= 0.6 is 0 Å². The Morgan fingerprint density at radius 3 is 2.64 bits per heavy atom. The summed E-state index contributed by atoms with van der Waals surface area (Å²) in [5.74, 6) is -1.10. The van der Waals surface area contributed by atoms with Crippen molar-refractivity contribution in [3.8, 4) is 6.07 Å². The van der Waals surface area contributed by atoms with E-state index in [0.29, 0.717) is 6.07 Å². The highest BCUT2D eigenvalue weighted by molar-refractivity contribution is 5.38. The zero-order chi connectivity index (χ0) is 10.7. The molecule has 74 valence electrons. The average molecular weight is 201 g/mol. The molecule has 0 saturated heterocycles. The minimum absolute atomic E-state index is 0.107. The molecule has 0 aliphatic carbocycles. The molecule has 0 saturated carbocycles. The van der Waals surface area contributed by atoms with Crippen LogP contribution in [0.3, 0.4) is 0 Å². The molecule has 0 aliphatic heterocycles. The number of aromatic nitrogens is 1. The summed E-state index contributed by atoms with van der Waals surface area (Å²) in [6, 6.07) is 2.11. The molecule has 0 radical (unpaired) electrons. The summed E-state index contributed by atoms with van der Waals surface area (Å²) in [5.41, 5.74) is 4.10. The quantitative estimate of drug-likeness (QED) is 0.737. The van der Waals surface area contributed by atoms with Gasteiger partial charge in [0, 0.05) is 23.7 Å². The number of alkyl halides is 2. The third-order valence-corrected chi connectivity index (χ3v) is 1.67. The molecule has 0 unspecified atom stereocenters. The number of hydrogen-bond donors (Lipinski definition) is 1. The van der Waals surface area contributed by atoms with Gasteiger partial charge in [0.05, 0.1) is 0 Å². The van der Waals surface area contributed by atoms with E-state index in [4.69, 9.17) is 11.0 Å². The average Bonchev–Trinajstić information content (AvgIpc) is 2.16. The Kier molecular flexibility index (Phi) is 3.04. The standard InChI is InChI=1S/C8H6F3N3/c9-7-1-4(8(10)11)5(2-12)6(3-13)14-7/h1,8H,2,12H2. The Morgan fingerprint density at radius 2 is 2.21 bits per heavy atom. The van der Waals surface area contributed by atoms with Crippen LogP contribution in [0.15, 0.2) is 6.07 Å². The van der Waals surface area contributed by atoms with Crippen molar-refractivity contribution in [2.75, 3.05) is 0 Å². The van der Waals surface area contributed by atoms with Crippen LogP contribution in [0.2, 0.25) is 0 Å². The van der Waals surface area contributed by atoms with E-state index in [0.717, 1.165) is 0 Å². The van der Waals surface area contributed by atoms with Crippen LogP contribution in [0.5, 0.6) is 0 Å². The van der Waals surface area contributed by atoms with Crippen molar-refractivity contribution in [1.29, 1.82) is 5.26 Å². The number of halogens is 3. The summed E-state index contributed by atoms with van der Waals surface area (Å²) in [4.78, 5) is 3.16. The van der Waals surface area contributed by atoms with Crippen molar-refractivity contribution in [3.05, 3.63) is 28.8 Å². The van der Waals surface area contributed by atoms with Crippen LogP contribution in [0.1, 0.15) is 23.2 Å². The monoisotopic (exact) mass is 201 g/mol. The Bertz CT molecular complexity index is 384. The lowest BCUT2D eigenvalue weighted by Gasteiger charge is -2.07. The molecular weight excluding hydrogens is 195 g/mol. The van der Waals surface area contributed by atoms with Crippen molar-refractivity contribution in [3.63, 3.8) is 0 Å². The molecule has 0 bridgehead atoms. The van der Waals surface area contributed by atoms with Crippen LogP contribution in [-0.4, -0.2) is 4.98 Å². The fourth-order valence-electron chi connectivity index (χ4n) is 1.06. The third kappa shape index (κ3) is 1.83. The van der Waals surface area contributed by atoms with Gasteiger partial charge >= 0.3 is 0 Å². The molecular formula is C8H6F3N3. The molecule has 0 aromatic carbocycles. The van der Waals surface area contributed by atoms with Gasteiger partial charge in [-0.1, -0.05) is 0 Å². The predicted molar refractivity (Wildman–Crippen MR) is 41.8 cm³/mol. The van der Waals surface area contributed by atoms with Gasteiger partial charge < -0.3 is 5.73 Å². The number of hydrogen-bond acceptors (Lipinski definition) is 3. The Balaban J connectivity index is 3.41. The van der Waals surface area contributed by atoms with E-state index in [1.54, 1.807) is 0 Å². The Labute approximate surface area is 78.0 Å². The van der Waals surface area contributed by atoms with Gasteiger partial charge in [0.2, 0.25) is 5.95 Å². The van der Waals surface area contributed by atoms with E-state index in [1.165, 1.54) is 6.07 Å². The van der Waals surface area contributed by atoms with E-state index in [9.17, 15) is 13.2 Å². The second kappa shape index (κ2) is 4.07. The molecule has 0 amide bonds. The SMILES string of the molecule is N#Cc1nc(F)cc(C(F)F)c1CN. The molecule has 0 atom stereocenters. The van der Waals surface area contributed by atoms with Crippen LogP contribution in [0.4, 0.5) is 13.2 Å². The first-order chi connectivity index (χ1) is 6.60. The highest BCUT2D eigenvalue weighted by atomic mass is 19.3. The first kappa shape index (κ1) is 10.5. The largest absolute Gasteiger partial charge is 0.326 e. The maximum atomic E-state index is 12.7. The van der Waals surface area contributed by atoms with Gasteiger partial charge in [0.25, 0.3) is 6.43 Å². The molecule has 1 aromatic heterocycles. The number of nitrogens with zero attached hydrogens (tertiary/aromatic N) is 2. The highest BCUT2D eigenvalue weighted by Gasteiger charge is 2.18. The van der Waals surface area contributed by atoms with Gasteiger partial charge in [-0.05, 0) is 0 Å². The number of nitrogens with two attached hydrogens (primary N) is 1. The van der Waals surface area contributed by atoms with Crippen molar-refractivity contribution in [2.45, 2.75) is 13.0 Å². The van der Waals surface area contributed by atoms with Gasteiger partial charge in [-0.3, -0.25) is 0 Å². The van der Waals surface area contributed by atoms with Crippen LogP contribution in [0, 0.1) is 17.3 Å². The molecule has 0 fully saturated rings. The number of rotatable bonds is 2. The first-order valence-corrected chi connectivity index (χ1v) is 3.67. The van der Waals surface area contributed by atoms with Gasteiger partial charge in [-0.25, -0.2) is 13.8 Å². The summed E-state index contributed by atoms with van der Waals surface area (Å²) in [6.45, 7) is -0.268. The van der Waals surface area contributed by atoms with E-state index < -0.39 is 17.9 Å². The fourth-order valence-corrected chi connectivity index (χ4v) is 1.06. The van der Waals surface area contributed by atoms with Crippen molar-refractivity contribution >= 4 is 0 Å². The van der Waals surface area contributed by atoms with Gasteiger partial charge in [0.1, 0.15) is 11.8 Å². The summed E-state index contributed by atoms with van der Waals surface area (Å²) in [7, 11) is 0. The number of nitriles is 1. The molecule has 14 heavy (non-hydrogen) atoms. The summed E-state index contributed by atoms with van der Waals surface area (Å²) < 4.78 is 37.4. The molecule has 2 N–H and O–H groups in total. The third-order valence-electron chi connectivity index (χ3n) is 1.67. The van der Waals surface area contributed by atoms with Gasteiger partial charge in [0.15, 0.2) is 0 Å². The molecule has 1 aromatic rings. The maximum absolute atomic E-state index is 12.7. The lowest BCUT2D eigenvalue weighted by Crippen LogP contribution is -2.08. The zero-order valence-corrected chi connectivity index (χ0v) is 6.97.